The lowest BCUT2D eigenvalue weighted by Crippen LogP contribution is -2.01. The molecule has 4 heteroatoms. The highest BCUT2D eigenvalue weighted by molar-refractivity contribution is 5.56. The lowest BCUT2D eigenvalue weighted by molar-refractivity contribution is 0.159. The van der Waals surface area contributed by atoms with E-state index < -0.39 is 11.9 Å². The molecule has 0 aliphatic heterocycles. The first kappa shape index (κ1) is 12.8. The Morgan fingerprint density at radius 3 is 2.69 bits per heavy atom. The third-order valence-electron chi connectivity index (χ3n) is 2.57. The second kappa shape index (κ2) is 5.70. The minimum absolute atomic E-state index is 0.0375. The quantitative estimate of drug-likeness (QED) is 0.411. The van der Waals surface area contributed by atoms with Gasteiger partial charge in [-0.3, -0.25) is 0 Å². The minimum Gasteiger partial charge on any atom is -0.505 e. The van der Waals surface area contributed by atoms with Crippen molar-refractivity contribution < 1.29 is 14.6 Å². The second-order valence-electron chi connectivity index (χ2n) is 3.94. The predicted molar refractivity (Wildman–Crippen MR) is 61.6 cm³/mol. The number of unbranched alkanes of at least 4 members (excludes halogenated alkanes) is 2. The molecule has 1 rings (SSSR count). The van der Waals surface area contributed by atoms with Crippen molar-refractivity contribution in [3.8, 4) is 5.75 Å². The van der Waals surface area contributed by atoms with Crippen molar-refractivity contribution in [3.05, 3.63) is 23.5 Å². The van der Waals surface area contributed by atoms with Crippen molar-refractivity contribution >= 4 is 5.69 Å². The Morgan fingerprint density at radius 1 is 1.38 bits per heavy atom. The number of anilines is 1. The average molecular weight is 227 g/mol. The van der Waals surface area contributed by atoms with E-state index in [1.807, 2.05) is 0 Å². The Kier molecular flexibility index (Phi) is 4.55. The molecule has 4 N–H and O–H groups in total. The fourth-order valence-electron chi connectivity index (χ4n) is 1.64. The van der Waals surface area contributed by atoms with Crippen LogP contribution in [0.1, 0.15) is 44.3 Å². The number of phenolic OH excluding ortho intramolecular Hbond substituents is 1. The number of halogens is 1. The number of aliphatic hydroxyl groups excluding tert-OH is 1. The van der Waals surface area contributed by atoms with Crippen LogP contribution in [0.2, 0.25) is 0 Å². The van der Waals surface area contributed by atoms with Crippen molar-refractivity contribution in [1.82, 2.24) is 0 Å². The number of phenols is 1. The minimum atomic E-state index is -0.857. The number of hydrogen-bond acceptors (Lipinski definition) is 3. The molecule has 0 heterocycles. The van der Waals surface area contributed by atoms with Gasteiger partial charge in [-0.1, -0.05) is 26.2 Å². The van der Waals surface area contributed by atoms with E-state index in [4.69, 9.17) is 5.73 Å². The van der Waals surface area contributed by atoms with Gasteiger partial charge in [0.15, 0.2) is 0 Å². The van der Waals surface area contributed by atoms with Crippen LogP contribution >= 0.6 is 0 Å². The summed E-state index contributed by atoms with van der Waals surface area (Å²) < 4.78 is 13.1. The molecule has 0 aliphatic carbocycles. The van der Waals surface area contributed by atoms with E-state index in [-0.39, 0.29) is 17.0 Å². The molecule has 1 unspecified atom stereocenters. The SMILES string of the molecule is CCCCCC(O)c1cc(F)cc(N)c1O. The summed E-state index contributed by atoms with van der Waals surface area (Å²) in [4.78, 5) is 0. The molecule has 0 aromatic heterocycles. The van der Waals surface area contributed by atoms with Crippen molar-refractivity contribution in [2.45, 2.75) is 38.7 Å². The molecule has 0 amide bonds. The van der Waals surface area contributed by atoms with Gasteiger partial charge in [0.05, 0.1) is 11.8 Å². The monoisotopic (exact) mass is 227 g/mol. The summed E-state index contributed by atoms with van der Waals surface area (Å²) in [6, 6.07) is 2.17. The van der Waals surface area contributed by atoms with Gasteiger partial charge in [0, 0.05) is 11.6 Å². The number of benzene rings is 1. The normalized spacial score (nSPS) is 12.7. The lowest BCUT2D eigenvalue weighted by atomic mass is 10.0. The van der Waals surface area contributed by atoms with Crippen molar-refractivity contribution in [2.75, 3.05) is 5.73 Å². The molecular formula is C12H18FNO2. The van der Waals surface area contributed by atoms with Crippen LogP contribution in [0.25, 0.3) is 0 Å². The van der Waals surface area contributed by atoms with Crippen LogP contribution in [0.4, 0.5) is 10.1 Å². The molecule has 0 saturated heterocycles. The summed E-state index contributed by atoms with van der Waals surface area (Å²) >= 11 is 0. The largest absolute Gasteiger partial charge is 0.505 e. The molecule has 0 bridgehead atoms. The van der Waals surface area contributed by atoms with Crippen LogP contribution in [-0.2, 0) is 0 Å². The number of aromatic hydroxyl groups is 1. The van der Waals surface area contributed by atoms with E-state index in [2.05, 4.69) is 6.92 Å². The molecule has 1 aromatic carbocycles. The summed E-state index contributed by atoms with van der Waals surface area (Å²) in [5.41, 5.74) is 5.55. The Hall–Kier alpha value is -1.29. The van der Waals surface area contributed by atoms with Crippen LogP contribution in [0.5, 0.6) is 5.75 Å². The van der Waals surface area contributed by atoms with Crippen LogP contribution in [0, 0.1) is 5.82 Å². The Morgan fingerprint density at radius 2 is 2.06 bits per heavy atom. The number of rotatable bonds is 5. The number of nitrogen functional groups attached to an aromatic ring is 1. The standard InChI is InChI=1S/C12H18FNO2/c1-2-3-4-5-11(15)9-6-8(13)7-10(14)12(9)16/h6-7,11,15-16H,2-5,14H2,1H3. The molecule has 0 radical (unpaired) electrons. The van der Waals surface area contributed by atoms with Gasteiger partial charge >= 0.3 is 0 Å². The van der Waals surface area contributed by atoms with Gasteiger partial charge in [-0.2, -0.15) is 0 Å². The van der Waals surface area contributed by atoms with E-state index in [1.165, 1.54) is 0 Å². The first-order valence-electron chi connectivity index (χ1n) is 5.52. The highest BCUT2D eigenvalue weighted by Crippen LogP contribution is 2.33. The van der Waals surface area contributed by atoms with Gasteiger partial charge in [0.2, 0.25) is 0 Å². The van der Waals surface area contributed by atoms with Crippen LogP contribution < -0.4 is 5.73 Å². The van der Waals surface area contributed by atoms with Gasteiger partial charge in [-0.05, 0) is 12.5 Å². The molecule has 1 aromatic rings. The molecule has 0 spiro atoms. The number of hydrogen-bond donors (Lipinski definition) is 3. The Labute approximate surface area is 94.7 Å². The van der Waals surface area contributed by atoms with Crippen molar-refractivity contribution in [1.29, 1.82) is 0 Å². The fourth-order valence-corrected chi connectivity index (χ4v) is 1.64. The first-order chi connectivity index (χ1) is 7.56. The molecule has 90 valence electrons. The maximum absolute atomic E-state index is 13.1. The highest BCUT2D eigenvalue weighted by Gasteiger charge is 2.15. The lowest BCUT2D eigenvalue weighted by Gasteiger charge is -2.13. The van der Waals surface area contributed by atoms with Gasteiger partial charge in [-0.15, -0.1) is 0 Å². The first-order valence-corrected chi connectivity index (χ1v) is 5.52. The molecule has 0 saturated carbocycles. The predicted octanol–water partition coefficient (Wildman–Crippen LogP) is 2.73. The fraction of sp³-hybridized carbons (Fsp3) is 0.500. The zero-order chi connectivity index (χ0) is 12.1. The zero-order valence-corrected chi connectivity index (χ0v) is 9.41. The van der Waals surface area contributed by atoms with E-state index >= 15 is 0 Å². The number of nitrogens with two attached hydrogens (primary N) is 1. The van der Waals surface area contributed by atoms with Gasteiger partial charge in [0.1, 0.15) is 11.6 Å². The van der Waals surface area contributed by atoms with Gasteiger partial charge in [-0.25, -0.2) is 4.39 Å². The van der Waals surface area contributed by atoms with Crippen molar-refractivity contribution in [2.24, 2.45) is 0 Å². The summed E-state index contributed by atoms with van der Waals surface area (Å²) in [5, 5.41) is 19.4. The summed E-state index contributed by atoms with van der Waals surface area (Å²) in [7, 11) is 0. The highest BCUT2D eigenvalue weighted by atomic mass is 19.1. The van der Waals surface area contributed by atoms with E-state index in [0.717, 1.165) is 31.4 Å². The number of aliphatic hydroxyl groups is 1. The molecule has 3 nitrogen and oxygen atoms in total. The molecule has 0 aliphatic rings. The van der Waals surface area contributed by atoms with Crippen LogP contribution in [0.15, 0.2) is 12.1 Å². The van der Waals surface area contributed by atoms with E-state index in [0.29, 0.717) is 6.42 Å². The third kappa shape index (κ3) is 3.10. The maximum Gasteiger partial charge on any atom is 0.144 e. The Balaban J connectivity index is 2.78. The van der Waals surface area contributed by atoms with Crippen LogP contribution in [-0.4, -0.2) is 10.2 Å². The maximum atomic E-state index is 13.1. The molecule has 0 fully saturated rings. The topological polar surface area (TPSA) is 66.5 Å². The summed E-state index contributed by atoms with van der Waals surface area (Å²) in [6.07, 6.45) is 2.54. The van der Waals surface area contributed by atoms with Gasteiger partial charge < -0.3 is 15.9 Å². The van der Waals surface area contributed by atoms with Crippen LogP contribution in [0.3, 0.4) is 0 Å². The molecule has 1 atom stereocenters. The van der Waals surface area contributed by atoms with E-state index in [9.17, 15) is 14.6 Å². The third-order valence-corrected chi connectivity index (χ3v) is 2.57. The summed E-state index contributed by atoms with van der Waals surface area (Å²) in [5.74, 6) is -0.759. The van der Waals surface area contributed by atoms with Gasteiger partial charge in [0.25, 0.3) is 0 Å². The zero-order valence-electron chi connectivity index (χ0n) is 9.41. The molecule has 16 heavy (non-hydrogen) atoms. The molecular weight excluding hydrogens is 209 g/mol. The Bertz CT molecular complexity index is 355. The average Bonchev–Trinajstić information content (AvgIpc) is 2.23. The van der Waals surface area contributed by atoms with E-state index in [1.54, 1.807) is 0 Å². The van der Waals surface area contributed by atoms with Crippen molar-refractivity contribution in [3.63, 3.8) is 0 Å². The second-order valence-corrected chi connectivity index (χ2v) is 3.94. The summed E-state index contributed by atoms with van der Waals surface area (Å²) in [6.45, 7) is 2.06. The smallest absolute Gasteiger partial charge is 0.144 e.